The molecule has 1 atom stereocenters. The molecular weight excluding hydrogens is 590 g/mol. The number of H-pyrrole nitrogens is 1. The normalized spacial score (nSPS) is 20.1. The number of carbonyl (C=O) groups excluding carboxylic acids is 2. The Balaban J connectivity index is 0.894. The number of amides is 2. The van der Waals surface area contributed by atoms with Gasteiger partial charge >= 0.3 is 0 Å². The molecule has 11 heteroatoms. The predicted octanol–water partition coefficient (Wildman–Crippen LogP) is 4.47. The van der Waals surface area contributed by atoms with E-state index in [-0.39, 0.29) is 11.8 Å². The van der Waals surface area contributed by atoms with E-state index < -0.39 is 5.41 Å². The Hall–Kier alpha value is -5.16. The second kappa shape index (κ2) is 11.6. The van der Waals surface area contributed by atoms with Gasteiger partial charge in [0.25, 0.3) is 0 Å². The van der Waals surface area contributed by atoms with Gasteiger partial charge in [0.05, 0.1) is 17.5 Å². The quantitative estimate of drug-likeness (QED) is 0.295. The number of carbonyl (C=O) groups is 2. The van der Waals surface area contributed by atoms with Gasteiger partial charge in [0.1, 0.15) is 12.0 Å². The minimum Gasteiger partial charge on any atom is -0.338 e. The SMILES string of the molecule is Cc1ccc(-c2n[nH]c3ccc(N4CC[C@]5(CCN(CC(=O)N6CC=C(c7ccc(-c8ncn(C)n8)cc7)CC6)C5)C4=O)cc23)cn1. The Bertz CT molecular complexity index is 2010. The first kappa shape index (κ1) is 29.3. The van der Waals surface area contributed by atoms with Crippen LogP contribution in [0.5, 0.6) is 0 Å². The fourth-order valence-corrected chi connectivity index (χ4v) is 7.29. The first-order valence-electron chi connectivity index (χ1n) is 16.2. The summed E-state index contributed by atoms with van der Waals surface area (Å²) in [5.41, 5.74) is 7.49. The van der Waals surface area contributed by atoms with E-state index >= 15 is 0 Å². The third-order valence-corrected chi connectivity index (χ3v) is 10.0. The molecule has 0 aliphatic carbocycles. The zero-order chi connectivity index (χ0) is 32.1. The van der Waals surface area contributed by atoms with Crippen LogP contribution < -0.4 is 4.90 Å². The number of aromatic amines is 1. The van der Waals surface area contributed by atoms with Crippen molar-refractivity contribution in [1.29, 1.82) is 0 Å². The first-order valence-corrected chi connectivity index (χ1v) is 16.2. The average molecular weight is 628 g/mol. The molecule has 3 aliphatic heterocycles. The van der Waals surface area contributed by atoms with Gasteiger partial charge in [-0.3, -0.25) is 29.3 Å². The molecule has 2 fully saturated rings. The molecule has 5 aromatic rings. The van der Waals surface area contributed by atoms with Crippen LogP contribution in [-0.2, 0) is 16.6 Å². The lowest BCUT2D eigenvalue weighted by Crippen LogP contribution is -2.43. The third-order valence-electron chi connectivity index (χ3n) is 10.0. The molecule has 8 rings (SSSR count). The van der Waals surface area contributed by atoms with Gasteiger partial charge < -0.3 is 9.80 Å². The maximum absolute atomic E-state index is 14.0. The van der Waals surface area contributed by atoms with Crippen LogP contribution >= 0.6 is 0 Å². The number of fused-ring (bicyclic) bond motifs is 1. The molecule has 3 aliphatic rings. The summed E-state index contributed by atoms with van der Waals surface area (Å²) in [7, 11) is 1.86. The number of anilines is 1. The summed E-state index contributed by atoms with van der Waals surface area (Å²) in [6.45, 7) is 5.64. The van der Waals surface area contributed by atoms with Crippen molar-refractivity contribution in [3.8, 4) is 22.6 Å². The number of aromatic nitrogens is 6. The van der Waals surface area contributed by atoms with E-state index in [4.69, 9.17) is 0 Å². The van der Waals surface area contributed by atoms with Crippen LogP contribution in [0.2, 0.25) is 0 Å². The fourth-order valence-electron chi connectivity index (χ4n) is 7.29. The van der Waals surface area contributed by atoms with Gasteiger partial charge in [-0.15, -0.1) is 0 Å². The van der Waals surface area contributed by atoms with Crippen molar-refractivity contribution < 1.29 is 9.59 Å². The Kier molecular flexibility index (Phi) is 7.20. The summed E-state index contributed by atoms with van der Waals surface area (Å²) in [4.78, 5) is 42.1. The maximum Gasteiger partial charge on any atom is 0.237 e. The lowest BCUT2D eigenvalue weighted by molar-refractivity contribution is -0.132. The number of rotatable bonds is 6. The third kappa shape index (κ3) is 5.40. The molecule has 3 aromatic heterocycles. The second-order valence-electron chi connectivity index (χ2n) is 13.1. The van der Waals surface area contributed by atoms with Crippen molar-refractivity contribution in [2.24, 2.45) is 12.5 Å². The second-order valence-corrected chi connectivity index (χ2v) is 13.1. The van der Waals surface area contributed by atoms with Crippen molar-refractivity contribution >= 4 is 34.0 Å². The lowest BCUT2D eigenvalue weighted by atomic mass is 9.85. The number of pyridine rings is 1. The van der Waals surface area contributed by atoms with Crippen LogP contribution in [0.15, 0.2) is 73.2 Å². The summed E-state index contributed by atoms with van der Waals surface area (Å²) in [6.07, 6.45) is 8.08. The average Bonchev–Trinajstić information content (AvgIpc) is 3.89. The summed E-state index contributed by atoms with van der Waals surface area (Å²) >= 11 is 0. The van der Waals surface area contributed by atoms with Crippen LogP contribution in [-0.4, -0.2) is 90.8 Å². The molecule has 2 aromatic carbocycles. The molecule has 6 heterocycles. The van der Waals surface area contributed by atoms with E-state index in [2.05, 4.69) is 54.4 Å². The van der Waals surface area contributed by atoms with Gasteiger partial charge in [0, 0.05) is 67.3 Å². The Morgan fingerprint density at radius 3 is 2.51 bits per heavy atom. The van der Waals surface area contributed by atoms with Crippen LogP contribution in [0.25, 0.3) is 39.1 Å². The van der Waals surface area contributed by atoms with Crippen LogP contribution in [0.1, 0.15) is 30.5 Å². The van der Waals surface area contributed by atoms with Crippen molar-refractivity contribution in [2.45, 2.75) is 26.2 Å². The highest BCUT2D eigenvalue weighted by Crippen LogP contribution is 2.43. The summed E-state index contributed by atoms with van der Waals surface area (Å²) < 4.78 is 1.70. The molecule has 0 bridgehead atoms. The number of hydrogen-bond donors (Lipinski definition) is 1. The van der Waals surface area contributed by atoms with Crippen molar-refractivity contribution in [1.82, 2.24) is 39.7 Å². The molecule has 238 valence electrons. The van der Waals surface area contributed by atoms with Crippen LogP contribution in [0, 0.1) is 12.3 Å². The molecule has 0 radical (unpaired) electrons. The topological polar surface area (TPSA) is 116 Å². The number of likely N-dealkylation sites (tertiary alicyclic amines) is 1. The summed E-state index contributed by atoms with van der Waals surface area (Å²) in [5.74, 6) is 0.995. The smallest absolute Gasteiger partial charge is 0.237 e. The Labute approximate surface area is 272 Å². The van der Waals surface area contributed by atoms with Crippen molar-refractivity contribution in [2.75, 3.05) is 44.2 Å². The molecule has 47 heavy (non-hydrogen) atoms. The molecule has 11 nitrogen and oxygen atoms in total. The van der Waals surface area contributed by atoms with Gasteiger partial charge in [-0.25, -0.2) is 4.98 Å². The van der Waals surface area contributed by atoms with Crippen LogP contribution in [0.3, 0.4) is 0 Å². The van der Waals surface area contributed by atoms with E-state index in [1.165, 1.54) is 5.57 Å². The molecular formula is C36H37N9O2. The molecule has 2 saturated heterocycles. The molecule has 0 saturated carbocycles. The molecule has 0 unspecified atom stereocenters. The van der Waals surface area contributed by atoms with E-state index in [0.717, 1.165) is 70.5 Å². The number of nitrogens with zero attached hydrogens (tertiary/aromatic N) is 8. The Morgan fingerprint density at radius 2 is 1.77 bits per heavy atom. The number of hydrogen-bond acceptors (Lipinski definition) is 7. The van der Waals surface area contributed by atoms with Gasteiger partial charge in [-0.05, 0) is 74.2 Å². The molecule has 1 N–H and O–H groups in total. The van der Waals surface area contributed by atoms with E-state index in [0.29, 0.717) is 38.5 Å². The molecule has 1 spiro atoms. The highest BCUT2D eigenvalue weighted by molar-refractivity contribution is 6.03. The monoisotopic (exact) mass is 627 g/mol. The fraction of sp³-hybridized carbons (Fsp3) is 0.333. The predicted molar refractivity (Wildman–Crippen MR) is 180 cm³/mol. The Morgan fingerprint density at radius 1 is 0.957 bits per heavy atom. The van der Waals surface area contributed by atoms with Gasteiger partial charge in [-0.2, -0.15) is 10.2 Å². The van der Waals surface area contributed by atoms with E-state index in [1.54, 1.807) is 11.0 Å². The zero-order valence-corrected chi connectivity index (χ0v) is 26.7. The van der Waals surface area contributed by atoms with Gasteiger partial charge in [-0.1, -0.05) is 30.3 Å². The highest BCUT2D eigenvalue weighted by atomic mass is 16.2. The first-order chi connectivity index (χ1) is 22.8. The summed E-state index contributed by atoms with van der Waals surface area (Å²) in [6, 6.07) is 18.4. The maximum atomic E-state index is 14.0. The minimum absolute atomic E-state index is 0.125. The number of aryl methyl sites for hydroxylation is 2. The highest BCUT2D eigenvalue weighted by Gasteiger charge is 2.51. The van der Waals surface area contributed by atoms with Gasteiger partial charge in [0.2, 0.25) is 11.8 Å². The molecule has 2 amide bonds. The van der Waals surface area contributed by atoms with Crippen LogP contribution in [0.4, 0.5) is 5.69 Å². The lowest BCUT2D eigenvalue weighted by Gasteiger charge is -2.29. The van der Waals surface area contributed by atoms with E-state index in [9.17, 15) is 9.59 Å². The largest absolute Gasteiger partial charge is 0.338 e. The van der Waals surface area contributed by atoms with Gasteiger partial charge in [0.15, 0.2) is 5.82 Å². The van der Waals surface area contributed by atoms with Crippen molar-refractivity contribution in [3.63, 3.8) is 0 Å². The minimum atomic E-state index is -0.443. The number of benzene rings is 2. The van der Waals surface area contributed by atoms with Crippen molar-refractivity contribution in [3.05, 3.63) is 84.5 Å². The number of nitrogens with one attached hydrogen (secondary N) is 1. The zero-order valence-electron chi connectivity index (χ0n) is 26.7. The van der Waals surface area contributed by atoms with E-state index in [1.807, 2.05) is 66.4 Å². The summed E-state index contributed by atoms with van der Waals surface area (Å²) in [5, 5.41) is 13.0. The standard InChI is InChI=1S/C36H37N9O2/c1-24-3-4-28(20-37-24)33-30-19-29(9-10-31(30)39-40-33)45-18-14-36(35(45)47)13-17-43(22-36)21-32(46)44-15-11-26(12-16-44)25-5-7-27(8-6-25)34-38-23-42(2)41-34/h3-11,19-20,23H,12-18,21-22H2,1-2H3,(H,39,40)/t36-/m0/s1.